The molecular weight excluding hydrogens is 310 g/mol. The number of nitrogens with one attached hydrogen (secondary N) is 1. The summed E-state index contributed by atoms with van der Waals surface area (Å²) in [6.07, 6.45) is 2.46. The summed E-state index contributed by atoms with van der Waals surface area (Å²) in [6.45, 7) is -0.264. The zero-order chi connectivity index (χ0) is 15.3. The van der Waals surface area contributed by atoms with Crippen LogP contribution in [0.2, 0.25) is 0 Å². The number of hydrogen-bond donors (Lipinski definition) is 1. The lowest BCUT2D eigenvalue weighted by molar-refractivity contribution is -0.139. The summed E-state index contributed by atoms with van der Waals surface area (Å²) in [7, 11) is -0.186. The summed E-state index contributed by atoms with van der Waals surface area (Å²) in [5.74, 6) is -1.30. The van der Waals surface area contributed by atoms with Crippen molar-refractivity contribution >= 4 is 38.7 Å². The number of carbonyl (C=O) groups excluding carboxylic acids is 2. The van der Waals surface area contributed by atoms with Crippen molar-refractivity contribution in [2.75, 3.05) is 20.8 Å². The smallest absolute Gasteiger partial charge is 0.339 e. The SMILES string of the molecule is COC(=O)CNC1C(Cl)=C(C(=O)OC)C=CC1=S(=O)=O. The van der Waals surface area contributed by atoms with Crippen LogP contribution in [0.5, 0.6) is 0 Å². The zero-order valence-electron chi connectivity index (χ0n) is 10.7. The van der Waals surface area contributed by atoms with E-state index in [9.17, 15) is 18.0 Å². The fourth-order valence-electron chi connectivity index (χ4n) is 1.50. The highest BCUT2D eigenvalue weighted by atomic mass is 35.5. The Morgan fingerprint density at radius 2 is 1.95 bits per heavy atom. The third-order valence-corrected chi connectivity index (χ3v) is 3.66. The molecule has 0 fully saturated rings. The summed E-state index contributed by atoms with van der Waals surface area (Å²) in [5, 5.41) is 2.54. The van der Waals surface area contributed by atoms with Gasteiger partial charge in [-0.3, -0.25) is 10.1 Å². The van der Waals surface area contributed by atoms with Crippen molar-refractivity contribution < 1.29 is 27.5 Å². The standard InChI is InChI=1S/C11H12ClNO6S/c1-18-8(14)5-13-10-7(20(16)17)4-3-6(9(10)12)11(15)19-2/h3-4,10,13H,5H2,1-2H3. The summed E-state index contributed by atoms with van der Waals surface area (Å²) < 4.78 is 31.2. The Kier molecular flexibility index (Phi) is 5.93. The lowest BCUT2D eigenvalue weighted by atomic mass is 10.0. The largest absolute Gasteiger partial charge is 0.468 e. The van der Waals surface area contributed by atoms with E-state index in [1.807, 2.05) is 0 Å². The van der Waals surface area contributed by atoms with Gasteiger partial charge in [0, 0.05) is 0 Å². The highest BCUT2D eigenvalue weighted by Gasteiger charge is 2.28. The number of esters is 2. The quantitative estimate of drug-likeness (QED) is 0.545. The Morgan fingerprint density at radius 1 is 1.30 bits per heavy atom. The van der Waals surface area contributed by atoms with Crippen LogP contribution in [0.25, 0.3) is 0 Å². The summed E-state index contributed by atoms with van der Waals surface area (Å²) in [5.41, 5.74) is 0.0192. The fraction of sp³-hybridized carbons (Fsp3) is 0.364. The second-order valence-electron chi connectivity index (χ2n) is 3.61. The molecule has 1 aliphatic carbocycles. The monoisotopic (exact) mass is 321 g/mol. The molecule has 9 heteroatoms. The number of rotatable bonds is 4. The average molecular weight is 322 g/mol. The predicted molar refractivity (Wildman–Crippen MR) is 71.8 cm³/mol. The van der Waals surface area contributed by atoms with Gasteiger partial charge in [0.15, 0.2) is 0 Å². The van der Waals surface area contributed by atoms with Crippen molar-refractivity contribution in [3.8, 4) is 0 Å². The molecule has 0 amide bonds. The molecule has 0 aromatic rings. The second kappa shape index (κ2) is 7.22. The van der Waals surface area contributed by atoms with Gasteiger partial charge >= 0.3 is 11.9 Å². The Hall–Kier alpha value is -1.64. The summed E-state index contributed by atoms with van der Waals surface area (Å²) in [4.78, 5) is 22.5. The summed E-state index contributed by atoms with van der Waals surface area (Å²) in [6, 6.07) is -1.01. The van der Waals surface area contributed by atoms with Gasteiger partial charge in [-0.05, 0) is 12.2 Å². The number of carbonyl (C=O) groups is 2. The van der Waals surface area contributed by atoms with Crippen molar-refractivity contribution in [2.45, 2.75) is 6.04 Å². The third kappa shape index (κ3) is 3.69. The highest BCUT2D eigenvalue weighted by molar-refractivity contribution is 7.73. The normalized spacial score (nSPS) is 17.9. The van der Waals surface area contributed by atoms with E-state index in [0.717, 1.165) is 0 Å². The van der Waals surface area contributed by atoms with E-state index in [-0.39, 0.29) is 22.0 Å². The Bertz CT molecular complexity index is 611. The average Bonchev–Trinajstić information content (AvgIpc) is 2.44. The van der Waals surface area contributed by atoms with Crippen LogP contribution in [-0.2, 0) is 29.4 Å². The first-order valence-electron chi connectivity index (χ1n) is 5.34. The van der Waals surface area contributed by atoms with E-state index >= 15 is 0 Å². The van der Waals surface area contributed by atoms with Crippen molar-refractivity contribution in [2.24, 2.45) is 0 Å². The molecule has 20 heavy (non-hydrogen) atoms. The molecule has 1 N–H and O–H groups in total. The lowest BCUT2D eigenvalue weighted by Crippen LogP contribution is -2.42. The van der Waals surface area contributed by atoms with Crippen LogP contribution in [0.1, 0.15) is 0 Å². The van der Waals surface area contributed by atoms with Crippen molar-refractivity contribution in [3.63, 3.8) is 0 Å². The third-order valence-electron chi connectivity index (χ3n) is 2.49. The molecule has 0 heterocycles. The topological polar surface area (TPSA) is 98.8 Å². The molecule has 0 spiro atoms. The van der Waals surface area contributed by atoms with Crippen LogP contribution in [0, 0.1) is 0 Å². The molecule has 0 aromatic heterocycles. The molecule has 0 aliphatic heterocycles. The molecule has 0 aromatic carbocycles. The molecule has 7 nitrogen and oxygen atoms in total. The molecule has 1 unspecified atom stereocenters. The number of ether oxygens (including phenoxy) is 2. The maximum Gasteiger partial charge on any atom is 0.339 e. The number of hydrogen-bond acceptors (Lipinski definition) is 7. The van der Waals surface area contributed by atoms with Crippen LogP contribution < -0.4 is 5.32 Å². The van der Waals surface area contributed by atoms with Crippen LogP contribution in [0.4, 0.5) is 0 Å². The molecule has 110 valence electrons. The fourth-order valence-corrected chi connectivity index (χ4v) is 2.47. The molecule has 0 bridgehead atoms. The van der Waals surface area contributed by atoms with E-state index in [4.69, 9.17) is 11.6 Å². The van der Waals surface area contributed by atoms with Crippen molar-refractivity contribution in [1.29, 1.82) is 0 Å². The lowest BCUT2D eigenvalue weighted by Gasteiger charge is -2.21. The van der Waals surface area contributed by atoms with Gasteiger partial charge < -0.3 is 9.47 Å². The zero-order valence-corrected chi connectivity index (χ0v) is 12.2. The van der Waals surface area contributed by atoms with Gasteiger partial charge in [-0.1, -0.05) is 11.6 Å². The van der Waals surface area contributed by atoms with E-state index in [0.29, 0.717) is 0 Å². The van der Waals surface area contributed by atoms with Gasteiger partial charge in [-0.15, -0.1) is 0 Å². The van der Waals surface area contributed by atoms with Gasteiger partial charge in [0.25, 0.3) is 0 Å². The highest BCUT2D eigenvalue weighted by Crippen LogP contribution is 2.22. The van der Waals surface area contributed by atoms with Crippen LogP contribution in [-0.4, -0.2) is 52.0 Å². The number of halogens is 1. The molecule has 0 radical (unpaired) electrons. The maximum absolute atomic E-state index is 11.5. The van der Waals surface area contributed by atoms with E-state index in [2.05, 4.69) is 14.8 Å². The van der Waals surface area contributed by atoms with Crippen LogP contribution in [0.3, 0.4) is 0 Å². The Morgan fingerprint density at radius 3 is 2.45 bits per heavy atom. The van der Waals surface area contributed by atoms with E-state index < -0.39 is 28.3 Å². The van der Waals surface area contributed by atoms with Gasteiger partial charge in [0.2, 0.25) is 10.3 Å². The van der Waals surface area contributed by atoms with E-state index in [1.165, 1.54) is 26.4 Å². The molecular formula is C11H12ClNO6S. The van der Waals surface area contributed by atoms with Crippen molar-refractivity contribution in [3.05, 3.63) is 22.8 Å². The number of methoxy groups -OCH3 is 2. The van der Waals surface area contributed by atoms with Gasteiger partial charge in [0.05, 0.1) is 42.3 Å². The molecule has 0 saturated carbocycles. The molecule has 1 aliphatic rings. The Labute approximate surface area is 121 Å². The molecule has 1 rings (SSSR count). The van der Waals surface area contributed by atoms with Crippen LogP contribution in [0.15, 0.2) is 22.8 Å². The predicted octanol–water partition coefficient (Wildman–Crippen LogP) is -0.595. The first-order chi connectivity index (χ1) is 9.42. The first kappa shape index (κ1) is 16.4. The minimum atomic E-state index is -2.56. The molecule has 1 atom stereocenters. The minimum absolute atomic E-state index is 0.0192. The van der Waals surface area contributed by atoms with Gasteiger partial charge in [-0.2, -0.15) is 8.42 Å². The second-order valence-corrected chi connectivity index (χ2v) is 4.96. The van der Waals surface area contributed by atoms with Crippen LogP contribution >= 0.6 is 11.6 Å². The summed E-state index contributed by atoms with van der Waals surface area (Å²) >= 11 is 6.01. The molecule has 0 saturated heterocycles. The Balaban J connectivity index is 3.14. The van der Waals surface area contributed by atoms with Gasteiger partial charge in [-0.25, -0.2) is 4.79 Å². The minimum Gasteiger partial charge on any atom is -0.468 e. The maximum atomic E-state index is 11.5. The van der Waals surface area contributed by atoms with E-state index in [1.54, 1.807) is 0 Å². The van der Waals surface area contributed by atoms with Gasteiger partial charge in [0.1, 0.15) is 0 Å². The van der Waals surface area contributed by atoms with Crippen molar-refractivity contribution in [1.82, 2.24) is 5.32 Å². The first-order valence-corrected chi connectivity index (χ1v) is 6.80.